The van der Waals surface area contributed by atoms with Gasteiger partial charge in [0.15, 0.2) is 0 Å². The van der Waals surface area contributed by atoms with E-state index in [-0.39, 0.29) is 0 Å². The molecule has 0 fully saturated rings. The lowest BCUT2D eigenvalue weighted by Crippen LogP contribution is -2.23. The molecular weight excluding hydrogens is 264 g/mol. The van der Waals surface area contributed by atoms with Crippen LogP contribution in [0.3, 0.4) is 0 Å². The van der Waals surface area contributed by atoms with Gasteiger partial charge in [0.25, 0.3) is 0 Å². The Morgan fingerprint density at radius 1 is 1.00 bits per heavy atom. The third-order valence-electron chi connectivity index (χ3n) is 1.04. The van der Waals surface area contributed by atoms with Gasteiger partial charge in [0.2, 0.25) is 0 Å². The van der Waals surface area contributed by atoms with Crippen LogP contribution in [-0.2, 0) is 9.47 Å². The zero-order chi connectivity index (χ0) is 7.98. The van der Waals surface area contributed by atoms with Gasteiger partial charge in [-0.05, 0) is 0 Å². The van der Waals surface area contributed by atoms with Crippen LogP contribution in [0.2, 0.25) is 0 Å². The minimum absolute atomic E-state index is 0.317. The molecule has 0 spiro atoms. The summed E-state index contributed by atoms with van der Waals surface area (Å²) < 4.78 is 9.88. The van der Waals surface area contributed by atoms with Gasteiger partial charge < -0.3 is 9.47 Å². The van der Waals surface area contributed by atoms with Gasteiger partial charge in [-0.1, -0.05) is 31.9 Å². The summed E-state index contributed by atoms with van der Waals surface area (Å²) in [5.41, 5.74) is 0. The molecule has 0 bridgehead atoms. The van der Waals surface area contributed by atoms with Crippen LogP contribution in [0.25, 0.3) is 0 Å². The molecular formula is C6H12Br2O2. The first kappa shape index (κ1) is 10.9. The lowest BCUT2D eigenvalue weighted by Gasteiger charge is -2.14. The van der Waals surface area contributed by atoms with E-state index in [4.69, 9.17) is 9.47 Å². The number of rotatable bonds is 5. The van der Waals surface area contributed by atoms with Gasteiger partial charge in [-0.3, -0.25) is 0 Å². The Morgan fingerprint density at radius 2 is 1.30 bits per heavy atom. The van der Waals surface area contributed by atoms with Gasteiger partial charge in [0, 0.05) is 14.2 Å². The Balaban J connectivity index is 3.38. The van der Waals surface area contributed by atoms with Crippen LogP contribution >= 0.6 is 31.9 Å². The highest BCUT2D eigenvalue weighted by Crippen LogP contribution is 2.14. The quantitative estimate of drug-likeness (QED) is 0.713. The lowest BCUT2D eigenvalue weighted by atomic mass is 10.3. The molecule has 4 heteroatoms. The SMILES string of the molecule is COC[C@H](Br)[C@@H](Br)COC. The minimum Gasteiger partial charge on any atom is -0.383 e. The highest BCUT2D eigenvalue weighted by molar-refractivity contribution is 9.12. The van der Waals surface area contributed by atoms with Gasteiger partial charge in [0.1, 0.15) is 0 Å². The van der Waals surface area contributed by atoms with Crippen molar-refractivity contribution >= 4 is 31.9 Å². The van der Waals surface area contributed by atoms with Crippen LogP contribution in [0.4, 0.5) is 0 Å². The zero-order valence-electron chi connectivity index (χ0n) is 6.14. The van der Waals surface area contributed by atoms with E-state index in [2.05, 4.69) is 31.9 Å². The molecule has 0 saturated heterocycles. The number of halogens is 2. The number of methoxy groups -OCH3 is 2. The second kappa shape index (κ2) is 6.58. The zero-order valence-corrected chi connectivity index (χ0v) is 9.31. The molecule has 0 aromatic rings. The molecule has 0 amide bonds. The molecule has 0 unspecified atom stereocenters. The smallest absolute Gasteiger partial charge is 0.0599 e. The van der Waals surface area contributed by atoms with Gasteiger partial charge in [-0.25, -0.2) is 0 Å². The minimum atomic E-state index is 0.317. The van der Waals surface area contributed by atoms with Gasteiger partial charge in [-0.15, -0.1) is 0 Å². The molecule has 0 heterocycles. The first-order valence-electron chi connectivity index (χ1n) is 2.98. The second-order valence-electron chi connectivity index (χ2n) is 1.94. The molecule has 0 aliphatic rings. The molecule has 0 aromatic carbocycles. The molecule has 10 heavy (non-hydrogen) atoms. The molecule has 62 valence electrons. The van der Waals surface area contributed by atoms with Gasteiger partial charge in [0.05, 0.1) is 22.9 Å². The Bertz CT molecular complexity index is 70.1. The average molecular weight is 276 g/mol. The molecule has 0 radical (unpaired) electrons. The fraction of sp³-hybridized carbons (Fsp3) is 1.00. The normalized spacial score (nSPS) is 16.8. The van der Waals surface area contributed by atoms with Crippen LogP contribution < -0.4 is 0 Å². The Kier molecular flexibility index (Phi) is 7.16. The molecule has 0 rings (SSSR count). The van der Waals surface area contributed by atoms with Crippen molar-refractivity contribution in [3.05, 3.63) is 0 Å². The Labute approximate surface area is 78.5 Å². The van der Waals surface area contributed by atoms with E-state index >= 15 is 0 Å². The first-order valence-corrected chi connectivity index (χ1v) is 4.81. The predicted octanol–water partition coefficient (Wildman–Crippen LogP) is 1.81. The fourth-order valence-electron chi connectivity index (χ4n) is 0.527. The van der Waals surface area contributed by atoms with Crippen molar-refractivity contribution in [3.63, 3.8) is 0 Å². The van der Waals surface area contributed by atoms with E-state index in [0.29, 0.717) is 22.9 Å². The molecule has 2 nitrogen and oxygen atoms in total. The largest absolute Gasteiger partial charge is 0.383 e. The van der Waals surface area contributed by atoms with Crippen molar-refractivity contribution < 1.29 is 9.47 Å². The Morgan fingerprint density at radius 3 is 1.50 bits per heavy atom. The maximum Gasteiger partial charge on any atom is 0.0599 e. The predicted molar refractivity (Wildman–Crippen MR) is 49.2 cm³/mol. The third kappa shape index (κ3) is 4.66. The number of hydrogen-bond donors (Lipinski definition) is 0. The van der Waals surface area contributed by atoms with Crippen LogP contribution in [-0.4, -0.2) is 37.1 Å². The monoisotopic (exact) mass is 274 g/mol. The molecule has 0 saturated carbocycles. The standard InChI is InChI=1S/C6H12Br2O2/c1-9-3-5(7)6(8)4-10-2/h5-6H,3-4H2,1-2H3/t5-,6-/m0/s1. The molecule has 0 N–H and O–H groups in total. The van der Waals surface area contributed by atoms with E-state index in [0.717, 1.165) is 0 Å². The van der Waals surface area contributed by atoms with Crippen molar-refractivity contribution in [2.75, 3.05) is 27.4 Å². The van der Waals surface area contributed by atoms with Crippen molar-refractivity contribution in [2.45, 2.75) is 9.65 Å². The summed E-state index contributed by atoms with van der Waals surface area (Å²) in [5.74, 6) is 0. The summed E-state index contributed by atoms with van der Waals surface area (Å²) >= 11 is 6.91. The van der Waals surface area contributed by atoms with Crippen LogP contribution in [0.5, 0.6) is 0 Å². The summed E-state index contributed by atoms with van der Waals surface area (Å²) in [6, 6.07) is 0. The summed E-state index contributed by atoms with van der Waals surface area (Å²) in [5, 5.41) is 0. The van der Waals surface area contributed by atoms with Crippen molar-refractivity contribution in [1.82, 2.24) is 0 Å². The molecule has 0 aliphatic carbocycles. The van der Waals surface area contributed by atoms with Crippen LogP contribution in [0, 0.1) is 0 Å². The van der Waals surface area contributed by atoms with E-state index in [9.17, 15) is 0 Å². The summed E-state index contributed by atoms with van der Waals surface area (Å²) in [6.45, 7) is 1.39. The third-order valence-corrected chi connectivity index (χ3v) is 3.56. The fourth-order valence-corrected chi connectivity index (χ4v) is 1.36. The van der Waals surface area contributed by atoms with Crippen molar-refractivity contribution in [2.24, 2.45) is 0 Å². The van der Waals surface area contributed by atoms with Crippen LogP contribution in [0.1, 0.15) is 0 Å². The number of ether oxygens (including phenoxy) is 2. The summed E-state index contributed by atoms with van der Waals surface area (Å²) in [6.07, 6.45) is 0. The molecule has 0 aromatic heterocycles. The molecule has 2 atom stereocenters. The molecule has 0 aliphatic heterocycles. The Hall–Kier alpha value is 0.880. The van der Waals surface area contributed by atoms with E-state index in [1.54, 1.807) is 14.2 Å². The average Bonchev–Trinajstić information content (AvgIpc) is 1.89. The maximum absolute atomic E-state index is 4.94. The lowest BCUT2D eigenvalue weighted by molar-refractivity contribution is 0.170. The second-order valence-corrected chi connectivity index (χ2v) is 4.29. The van der Waals surface area contributed by atoms with E-state index in [1.807, 2.05) is 0 Å². The number of alkyl halides is 2. The highest BCUT2D eigenvalue weighted by atomic mass is 79.9. The van der Waals surface area contributed by atoms with Gasteiger partial charge >= 0.3 is 0 Å². The number of hydrogen-bond acceptors (Lipinski definition) is 2. The van der Waals surface area contributed by atoms with Crippen molar-refractivity contribution in [3.8, 4) is 0 Å². The summed E-state index contributed by atoms with van der Waals surface area (Å²) in [4.78, 5) is 0.634. The van der Waals surface area contributed by atoms with Gasteiger partial charge in [-0.2, -0.15) is 0 Å². The van der Waals surface area contributed by atoms with E-state index in [1.165, 1.54) is 0 Å². The first-order chi connectivity index (χ1) is 4.72. The topological polar surface area (TPSA) is 18.5 Å². The summed E-state index contributed by atoms with van der Waals surface area (Å²) in [7, 11) is 3.36. The van der Waals surface area contributed by atoms with Crippen molar-refractivity contribution in [1.29, 1.82) is 0 Å². The highest BCUT2D eigenvalue weighted by Gasteiger charge is 2.14. The van der Waals surface area contributed by atoms with E-state index < -0.39 is 0 Å². The van der Waals surface area contributed by atoms with Crippen LogP contribution in [0.15, 0.2) is 0 Å². The maximum atomic E-state index is 4.94.